The molecule has 1 fully saturated rings. The van der Waals surface area contributed by atoms with Crippen molar-refractivity contribution in [2.45, 2.75) is 96.7 Å². The van der Waals surface area contributed by atoms with Crippen molar-refractivity contribution in [3.8, 4) is 11.1 Å². The van der Waals surface area contributed by atoms with Gasteiger partial charge in [-0.15, -0.1) is 0 Å². The van der Waals surface area contributed by atoms with Gasteiger partial charge in [-0.3, -0.25) is 19.2 Å². The van der Waals surface area contributed by atoms with Crippen LogP contribution in [0.3, 0.4) is 0 Å². The molecule has 2 aromatic carbocycles. The summed E-state index contributed by atoms with van der Waals surface area (Å²) in [5.41, 5.74) is 3.12. The van der Waals surface area contributed by atoms with Crippen molar-refractivity contribution in [3.63, 3.8) is 0 Å². The van der Waals surface area contributed by atoms with E-state index >= 15 is 0 Å². The molecule has 2 aromatic rings. The fourth-order valence-electron chi connectivity index (χ4n) is 5.95. The first-order valence-electron chi connectivity index (χ1n) is 16.4. The van der Waals surface area contributed by atoms with E-state index in [9.17, 15) is 28.8 Å². The van der Waals surface area contributed by atoms with Gasteiger partial charge in [-0.25, -0.2) is 9.59 Å². The van der Waals surface area contributed by atoms with Gasteiger partial charge in [0.1, 0.15) is 31.0 Å². The maximum Gasteiger partial charge on any atom is 0.407 e. The Bertz CT molecular complexity index is 1570. The zero-order valence-electron chi connectivity index (χ0n) is 29.6. The minimum Gasteiger partial charge on any atom is -0.463 e. The Morgan fingerprint density at radius 1 is 0.765 bits per heavy atom. The average molecular weight is 713 g/mol. The highest BCUT2D eigenvalue weighted by Crippen LogP contribution is 2.44. The Morgan fingerprint density at radius 2 is 1.33 bits per heavy atom. The smallest absolute Gasteiger partial charge is 0.407 e. The minimum absolute atomic E-state index is 0.0302. The van der Waals surface area contributed by atoms with E-state index in [-0.39, 0.29) is 12.5 Å². The van der Waals surface area contributed by atoms with Crippen molar-refractivity contribution >= 4 is 35.9 Å². The van der Waals surface area contributed by atoms with Crippen molar-refractivity contribution in [3.05, 3.63) is 59.7 Å². The molecule has 1 heterocycles. The Labute approximate surface area is 295 Å². The maximum absolute atomic E-state index is 13.4. The molecule has 0 aromatic heterocycles. The Kier molecular flexibility index (Phi) is 12.8. The molecule has 6 atom stereocenters. The summed E-state index contributed by atoms with van der Waals surface area (Å²) in [5.74, 6) is -3.94. The van der Waals surface area contributed by atoms with Crippen LogP contribution in [-0.4, -0.2) is 98.0 Å². The van der Waals surface area contributed by atoms with Crippen molar-refractivity contribution in [1.29, 1.82) is 0 Å². The van der Waals surface area contributed by atoms with Crippen LogP contribution in [0.15, 0.2) is 48.5 Å². The molecule has 0 saturated carbocycles. The first kappa shape index (κ1) is 38.8. The second-order valence-electron chi connectivity index (χ2n) is 13.1. The zero-order valence-corrected chi connectivity index (χ0v) is 29.6. The lowest BCUT2D eigenvalue weighted by Crippen LogP contribution is -2.67. The zero-order chi connectivity index (χ0) is 37.5. The molecule has 2 N–H and O–H groups in total. The Balaban J connectivity index is 1.56. The van der Waals surface area contributed by atoms with Gasteiger partial charge >= 0.3 is 30.0 Å². The highest BCUT2D eigenvalue weighted by atomic mass is 16.7. The number of nitrogens with one attached hydrogen (secondary N) is 2. The number of amides is 2. The van der Waals surface area contributed by atoms with Crippen molar-refractivity contribution < 1.29 is 61.9 Å². The summed E-state index contributed by atoms with van der Waals surface area (Å²) in [6.45, 7) is 8.44. The first-order chi connectivity index (χ1) is 24.0. The van der Waals surface area contributed by atoms with Crippen LogP contribution in [0.5, 0.6) is 0 Å². The number of rotatable bonds is 12. The highest BCUT2D eigenvalue weighted by Gasteiger charge is 2.51. The van der Waals surface area contributed by atoms with Crippen LogP contribution in [0.25, 0.3) is 11.1 Å². The van der Waals surface area contributed by atoms with Crippen molar-refractivity contribution in [2.24, 2.45) is 0 Å². The van der Waals surface area contributed by atoms with Crippen LogP contribution in [0.4, 0.5) is 4.79 Å². The molecule has 0 unspecified atom stereocenters. The third kappa shape index (κ3) is 10.5. The molecule has 0 bridgehead atoms. The van der Waals surface area contributed by atoms with E-state index < -0.39 is 91.4 Å². The van der Waals surface area contributed by atoms with Crippen LogP contribution in [0.2, 0.25) is 0 Å². The summed E-state index contributed by atoms with van der Waals surface area (Å²) in [6, 6.07) is 12.9. The second-order valence-corrected chi connectivity index (χ2v) is 13.1. The molecule has 0 radical (unpaired) electrons. The van der Waals surface area contributed by atoms with Crippen LogP contribution < -0.4 is 10.6 Å². The number of hydrogen-bond donors (Lipinski definition) is 2. The van der Waals surface area contributed by atoms with Crippen LogP contribution in [-0.2, 0) is 57.1 Å². The first-order valence-corrected chi connectivity index (χ1v) is 16.4. The van der Waals surface area contributed by atoms with Gasteiger partial charge in [-0.2, -0.15) is 0 Å². The van der Waals surface area contributed by atoms with E-state index in [1.807, 2.05) is 48.5 Å². The standard InChI is InChI=1S/C36H44N2O13/c1-19(39)37-30-32(49-22(4)42)31(48-21(3)41)29(18-45-20(2)40)50-34(30)46-17-28(33(43)51-36(5,6)7)38-35(44)47-16-27-25-14-10-8-12-23(25)24-13-9-11-15-26(24)27/h8-15,27-32,34H,16-18H2,1-7H3,(H,37,39)(H,38,44)/t28-,29+,30+,31-,32+,34-/m0/s1. The van der Waals surface area contributed by atoms with E-state index in [0.717, 1.165) is 43.0 Å². The Morgan fingerprint density at radius 3 is 1.86 bits per heavy atom. The van der Waals surface area contributed by atoms with E-state index in [0.29, 0.717) is 0 Å². The molecule has 1 aliphatic heterocycles. The fourth-order valence-corrected chi connectivity index (χ4v) is 5.95. The number of ether oxygens (including phenoxy) is 7. The molecule has 4 rings (SSSR count). The molecule has 276 valence electrons. The van der Waals surface area contributed by atoms with E-state index in [1.165, 1.54) is 6.92 Å². The van der Waals surface area contributed by atoms with Crippen molar-refractivity contribution in [1.82, 2.24) is 10.6 Å². The summed E-state index contributed by atoms with van der Waals surface area (Å²) >= 11 is 0. The number of carbonyl (C=O) groups excluding carboxylic acids is 6. The molecule has 2 aliphatic rings. The predicted octanol–water partition coefficient (Wildman–Crippen LogP) is 2.91. The van der Waals surface area contributed by atoms with Gasteiger partial charge in [0.15, 0.2) is 24.5 Å². The van der Waals surface area contributed by atoms with Gasteiger partial charge in [0.25, 0.3) is 0 Å². The minimum atomic E-state index is -1.49. The van der Waals surface area contributed by atoms with E-state index in [2.05, 4.69) is 10.6 Å². The summed E-state index contributed by atoms with van der Waals surface area (Å²) in [5, 5.41) is 5.09. The molecular formula is C36H44N2O13. The predicted molar refractivity (Wildman–Crippen MR) is 178 cm³/mol. The number of carbonyl (C=O) groups is 6. The van der Waals surface area contributed by atoms with Crippen LogP contribution in [0.1, 0.15) is 65.5 Å². The molecule has 2 amide bonds. The quantitative estimate of drug-likeness (QED) is 0.242. The third-order valence-corrected chi connectivity index (χ3v) is 7.83. The van der Waals surface area contributed by atoms with Gasteiger partial charge in [0.2, 0.25) is 5.91 Å². The number of fused-ring (bicyclic) bond motifs is 3. The molecule has 51 heavy (non-hydrogen) atoms. The number of alkyl carbamates (subject to hydrolysis) is 1. The lowest BCUT2D eigenvalue weighted by Gasteiger charge is -2.45. The van der Waals surface area contributed by atoms with E-state index in [1.54, 1.807) is 20.8 Å². The summed E-state index contributed by atoms with van der Waals surface area (Å²) in [6.07, 6.45) is -6.39. The van der Waals surface area contributed by atoms with E-state index in [4.69, 9.17) is 33.2 Å². The van der Waals surface area contributed by atoms with Gasteiger partial charge in [-0.05, 0) is 43.0 Å². The molecule has 1 aliphatic carbocycles. The summed E-state index contributed by atoms with van der Waals surface area (Å²) in [4.78, 5) is 74.8. The SMILES string of the molecule is CC(=O)N[C@H]1[C@@H](OC[C@H](NC(=O)OCC2c3ccccc3-c3ccccc32)C(=O)OC(C)(C)C)O[C@H](COC(C)=O)[C@H](OC(C)=O)[C@@H]1OC(C)=O. The number of benzene rings is 2. The summed E-state index contributed by atoms with van der Waals surface area (Å²) < 4.78 is 39.2. The molecule has 1 saturated heterocycles. The normalized spacial score (nSPS) is 21.6. The second kappa shape index (κ2) is 16.8. The fraction of sp³-hybridized carbons (Fsp3) is 0.500. The summed E-state index contributed by atoms with van der Waals surface area (Å²) in [7, 11) is 0. The molecule has 0 spiro atoms. The van der Waals surface area contributed by atoms with Crippen LogP contribution in [0, 0.1) is 0 Å². The van der Waals surface area contributed by atoms with Crippen molar-refractivity contribution in [2.75, 3.05) is 19.8 Å². The molecule has 15 nitrogen and oxygen atoms in total. The van der Waals surface area contributed by atoms with Gasteiger partial charge in [0.05, 0.1) is 6.61 Å². The topological polar surface area (TPSA) is 191 Å². The van der Waals surface area contributed by atoms with Gasteiger partial charge in [0, 0.05) is 33.6 Å². The monoisotopic (exact) mass is 712 g/mol. The highest BCUT2D eigenvalue weighted by molar-refractivity contribution is 5.82. The van der Waals surface area contributed by atoms with Gasteiger partial charge < -0.3 is 43.8 Å². The third-order valence-electron chi connectivity index (χ3n) is 7.83. The van der Waals surface area contributed by atoms with Crippen LogP contribution >= 0.6 is 0 Å². The number of esters is 4. The lowest BCUT2D eigenvalue weighted by molar-refractivity contribution is -0.278. The lowest BCUT2D eigenvalue weighted by atomic mass is 9.96. The number of hydrogen-bond acceptors (Lipinski definition) is 13. The van der Waals surface area contributed by atoms with Gasteiger partial charge in [-0.1, -0.05) is 48.5 Å². The average Bonchev–Trinajstić information content (AvgIpc) is 3.35. The Hall–Kier alpha value is -5.02. The molecule has 15 heteroatoms. The largest absolute Gasteiger partial charge is 0.463 e. The maximum atomic E-state index is 13.4. The molecular weight excluding hydrogens is 668 g/mol.